The molecule has 19 heavy (non-hydrogen) atoms. The number of amides is 2. The molecule has 0 aromatic heterocycles. The van der Waals surface area contributed by atoms with E-state index in [2.05, 4.69) is 5.32 Å². The molecule has 2 heterocycles. The molecule has 100 valence electrons. The molecule has 0 unspecified atom stereocenters. The molecule has 0 aliphatic carbocycles. The lowest BCUT2D eigenvalue weighted by Crippen LogP contribution is -2.25. The Morgan fingerprint density at radius 3 is 2.74 bits per heavy atom. The van der Waals surface area contributed by atoms with Crippen LogP contribution in [0.4, 0.5) is 4.79 Å². The zero-order chi connectivity index (χ0) is 13.4. The van der Waals surface area contributed by atoms with Gasteiger partial charge in [0, 0.05) is 6.07 Å². The number of hydrogen-bond donors (Lipinski definition) is 1. The molecule has 0 bridgehead atoms. The average molecular weight is 281 g/mol. The van der Waals surface area contributed by atoms with Gasteiger partial charge in [0.15, 0.2) is 11.5 Å². The Labute approximate surface area is 113 Å². The molecular weight excluding hydrogens is 270 g/mol. The van der Waals surface area contributed by atoms with Crippen molar-refractivity contribution in [3.05, 3.63) is 17.7 Å². The van der Waals surface area contributed by atoms with Crippen LogP contribution in [0.25, 0.3) is 0 Å². The van der Waals surface area contributed by atoms with Crippen LogP contribution in [0.5, 0.6) is 17.2 Å². The minimum Gasteiger partial charge on any atom is -0.496 e. The molecule has 0 saturated carbocycles. The van der Waals surface area contributed by atoms with Crippen LogP contribution < -0.4 is 19.5 Å². The number of nitrogens with one attached hydrogen (secondary N) is 1. The SMILES string of the molecule is COc1cc2c(cc1C[C@H]1SC(=O)NC1=O)OCO2. The van der Waals surface area contributed by atoms with E-state index in [-0.39, 0.29) is 17.9 Å². The smallest absolute Gasteiger partial charge is 0.286 e. The molecule has 1 aromatic carbocycles. The van der Waals surface area contributed by atoms with Crippen molar-refractivity contribution in [3.63, 3.8) is 0 Å². The van der Waals surface area contributed by atoms with Gasteiger partial charge >= 0.3 is 0 Å². The molecule has 6 nitrogen and oxygen atoms in total. The van der Waals surface area contributed by atoms with Crippen molar-refractivity contribution in [1.82, 2.24) is 5.32 Å². The summed E-state index contributed by atoms with van der Waals surface area (Å²) in [7, 11) is 1.55. The second-order valence-corrected chi connectivity index (χ2v) is 5.28. The molecule has 2 amide bonds. The summed E-state index contributed by atoms with van der Waals surface area (Å²) >= 11 is 0.994. The molecule has 2 aliphatic heterocycles. The third-order valence-electron chi connectivity index (χ3n) is 2.95. The third kappa shape index (κ3) is 2.21. The second-order valence-electron chi connectivity index (χ2n) is 4.10. The van der Waals surface area contributed by atoms with Gasteiger partial charge in [0.2, 0.25) is 12.7 Å². The largest absolute Gasteiger partial charge is 0.496 e. The van der Waals surface area contributed by atoms with E-state index in [1.54, 1.807) is 19.2 Å². The standard InChI is InChI=1S/C12H11NO5S/c1-16-7-4-9-8(17-5-18-9)2-6(7)3-10-11(14)13-12(15)19-10/h2,4,10H,3,5H2,1H3,(H,13,14,15)/t10-/m1/s1. The van der Waals surface area contributed by atoms with Gasteiger partial charge in [-0.3, -0.25) is 14.9 Å². The first-order valence-corrected chi connectivity index (χ1v) is 6.53. The van der Waals surface area contributed by atoms with Crippen molar-refractivity contribution in [1.29, 1.82) is 0 Å². The topological polar surface area (TPSA) is 73.9 Å². The Balaban J connectivity index is 1.88. The van der Waals surface area contributed by atoms with E-state index in [0.717, 1.165) is 17.3 Å². The highest BCUT2D eigenvalue weighted by molar-refractivity contribution is 8.15. The number of thioether (sulfide) groups is 1. The summed E-state index contributed by atoms with van der Waals surface area (Å²) < 4.78 is 15.8. The minimum absolute atomic E-state index is 0.180. The Morgan fingerprint density at radius 1 is 1.37 bits per heavy atom. The lowest BCUT2D eigenvalue weighted by Gasteiger charge is -2.11. The van der Waals surface area contributed by atoms with E-state index in [4.69, 9.17) is 14.2 Å². The van der Waals surface area contributed by atoms with Gasteiger partial charge in [-0.1, -0.05) is 11.8 Å². The highest BCUT2D eigenvalue weighted by Gasteiger charge is 2.32. The number of methoxy groups -OCH3 is 1. The van der Waals surface area contributed by atoms with Gasteiger partial charge in [-0.15, -0.1) is 0 Å². The lowest BCUT2D eigenvalue weighted by molar-refractivity contribution is -0.118. The number of rotatable bonds is 3. The second kappa shape index (κ2) is 4.65. The van der Waals surface area contributed by atoms with Crippen LogP contribution in [-0.2, 0) is 11.2 Å². The Hall–Kier alpha value is -1.89. The van der Waals surface area contributed by atoms with Crippen LogP contribution in [-0.4, -0.2) is 30.3 Å². The summed E-state index contributed by atoms with van der Waals surface area (Å²) in [5.41, 5.74) is 0.814. The van der Waals surface area contributed by atoms with E-state index < -0.39 is 5.25 Å². The summed E-state index contributed by atoms with van der Waals surface area (Å²) in [4.78, 5) is 22.7. The molecule has 3 rings (SSSR count). The molecule has 1 saturated heterocycles. The molecule has 1 N–H and O–H groups in total. The van der Waals surface area contributed by atoms with Crippen LogP contribution in [0, 0.1) is 0 Å². The molecule has 2 aliphatic rings. The first-order chi connectivity index (χ1) is 9.17. The van der Waals surface area contributed by atoms with Gasteiger partial charge in [0.1, 0.15) is 5.75 Å². The minimum atomic E-state index is -0.429. The molecule has 1 atom stereocenters. The van der Waals surface area contributed by atoms with Gasteiger partial charge < -0.3 is 14.2 Å². The van der Waals surface area contributed by atoms with Crippen molar-refractivity contribution in [2.75, 3.05) is 13.9 Å². The molecule has 1 fully saturated rings. The number of hydrogen-bond acceptors (Lipinski definition) is 6. The van der Waals surface area contributed by atoms with E-state index in [0.29, 0.717) is 23.7 Å². The summed E-state index contributed by atoms with van der Waals surface area (Å²) in [5.74, 6) is 1.61. The maximum Gasteiger partial charge on any atom is 0.286 e. The van der Waals surface area contributed by atoms with Crippen molar-refractivity contribution >= 4 is 22.9 Å². The van der Waals surface area contributed by atoms with Crippen molar-refractivity contribution in [3.8, 4) is 17.2 Å². The van der Waals surface area contributed by atoms with Crippen molar-refractivity contribution in [2.24, 2.45) is 0 Å². The van der Waals surface area contributed by atoms with E-state index in [9.17, 15) is 9.59 Å². The fourth-order valence-electron chi connectivity index (χ4n) is 2.04. The van der Waals surface area contributed by atoms with Gasteiger partial charge in [-0.25, -0.2) is 0 Å². The quantitative estimate of drug-likeness (QED) is 0.900. The number of imide groups is 1. The first kappa shape index (κ1) is 12.2. The molecule has 0 radical (unpaired) electrons. The highest BCUT2D eigenvalue weighted by Crippen LogP contribution is 2.39. The van der Waals surface area contributed by atoms with E-state index in [1.807, 2.05) is 0 Å². The molecule has 1 aromatic rings. The Morgan fingerprint density at radius 2 is 2.11 bits per heavy atom. The summed E-state index contributed by atoms with van der Waals surface area (Å²) in [6.45, 7) is 0.180. The van der Waals surface area contributed by atoms with Gasteiger partial charge in [0.05, 0.1) is 12.4 Å². The number of carbonyl (C=O) groups is 2. The van der Waals surface area contributed by atoms with Crippen LogP contribution >= 0.6 is 11.8 Å². The summed E-state index contributed by atoms with van der Waals surface area (Å²) in [5, 5.41) is 1.53. The maximum absolute atomic E-state index is 11.6. The van der Waals surface area contributed by atoms with Gasteiger partial charge in [-0.2, -0.15) is 0 Å². The number of fused-ring (bicyclic) bond motifs is 1. The van der Waals surface area contributed by atoms with E-state index >= 15 is 0 Å². The first-order valence-electron chi connectivity index (χ1n) is 5.65. The maximum atomic E-state index is 11.6. The molecule has 7 heteroatoms. The normalized spacial score (nSPS) is 20.6. The summed E-state index contributed by atoms with van der Waals surface area (Å²) in [6, 6.07) is 3.52. The van der Waals surface area contributed by atoms with Crippen LogP contribution in [0.3, 0.4) is 0 Å². The number of benzene rings is 1. The Kier molecular flexibility index (Phi) is 2.98. The van der Waals surface area contributed by atoms with E-state index in [1.165, 1.54) is 0 Å². The highest BCUT2D eigenvalue weighted by atomic mass is 32.2. The fourth-order valence-corrected chi connectivity index (χ4v) is 2.89. The van der Waals surface area contributed by atoms with Crippen molar-refractivity contribution in [2.45, 2.75) is 11.7 Å². The fraction of sp³-hybridized carbons (Fsp3) is 0.333. The number of carbonyl (C=O) groups excluding carboxylic acids is 2. The van der Waals surface area contributed by atoms with Crippen LogP contribution in [0.1, 0.15) is 5.56 Å². The third-order valence-corrected chi connectivity index (χ3v) is 3.93. The number of ether oxygens (including phenoxy) is 3. The Bertz CT molecular complexity index is 559. The zero-order valence-electron chi connectivity index (χ0n) is 10.1. The van der Waals surface area contributed by atoms with Crippen molar-refractivity contribution < 1.29 is 23.8 Å². The lowest BCUT2D eigenvalue weighted by atomic mass is 10.1. The zero-order valence-corrected chi connectivity index (χ0v) is 10.9. The van der Waals surface area contributed by atoms with Crippen LogP contribution in [0.2, 0.25) is 0 Å². The molecule has 0 spiro atoms. The summed E-state index contributed by atoms with van der Waals surface area (Å²) in [6.07, 6.45) is 0.405. The predicted molar refractivity (Wildman–Crippen MR) is 67.7 cm³/mol. The van der Waals surface area contributed by atoms with Gasteiger partial charge in [-0.05, 0) is 18.1 Å². The monoisotopic (exact) mass is 281 g/mol. The predicted octanol–water partition coefficient (Wildman–Crippen LogP) is 1.32. The van der Waals surface area contributed by atoms with Crippen LogP contribution in [0.15, 0.2) is 12.1 Å². The molecular formula is C12H11NO5S. The van der Waals surface area contributed by atoms with Gasteiger partial charge in [0.25, 0.3) is 5.24 Å². The average Bonchev–Trinajstić information content (AvgIpc) is 2.95.